The summed E-state index contributed by atoms with van der Waals surface area (Å²) in [5.41, 5.74) is 0.859. The Morgan fingerprint density at radius 2 is 2.19 bits per heavy atom. The predicted molar refractivity (Wildman–Crippen MR) is 94.8 cm³/mol. The third-order valence-corrected chi connectivity index (χ3v) is 3.59. The van der Waals surface area contributed by atoms with Crippen LogP contribution in [0.1, 0.15) is 16.6 Å². The summed E-state index contributed by atoms with van der Waals surface area (Å²) in [6, 6.07) is 6.97. The van der Waals surface area contributed by atoms with Gasteiger partial charge >= 0.3 is 5.97 Å². The molecule has 3 rings (SSSR count). The first kappa shape index (κ1) is 15.5. The molecule has 136 valence electrons. The molecule has 0 amide bonds. The monoisotopic (exact) mass is 378 g/mol. The van der Waals surface area contributed by atoms with Crippen LogP contribution in [0.3, 0.4) is 0 Å². The SMILES string of the molecule is [2H]C(OC(C)C)[C@]([2H])(Oc1ncnc2c1cnn2-c1ccccc1Cl)C(=O)O. The van der Waals surface area contributed by atoms with Gasteiger partial charge in [-0.15, -0.1) is 0 Å². The van der Waals surface area contributed by atoms with Crippen molar-refractivity contribution in [2.75, 3.05) is 6.58 Å². The molecule has 2 aromatic heterocycles. The lowest BCUT2D eigenvalue weighted by atomic mass is 10.3. The van der Waals surface area contributed by atoms with Gasteiger partial charge in [0.05, 0.1) is 32.3 Å². The molecule has 26 heavy (non-hydrogen) atoms. The van der Waals surface area contributed by atoms with E-state index in [2.05, 4.69) is 15.1 Å². The summed E-state index contributed by atoms with van der Waals surface area (Å²) < 4.78 is 28.0. The number of carboxylic acid groups (broad SMARTS) is 1. The number of hydrogen-bond acceptors (Lipinski definition) is 6. The number of aliphatic carboxylic acids is 1. The van der Waals surface area contributed by atoms with Crippen molar-refractivity contribution in [3.8, 4) is 11.6 Å². The predicted octanol–water partition coefficient (Wildman–Crippen LogP) is 2.73. The van der Waals surface area contributed by atoms with Gasteiger partial charge in [0.1, 0.15) is 11.7 Å². The number of carbonyl (C=O) groups is 1. The Kier molecular flexibility index (Phi) is 4.58. The van der Waals surface area contributed by atoms with Crippen molar-refractivity contribution < 1.29 is 22.1 Å². The summed E-state index contributed by atoms with van der Waals surface area (Å²) >= 11 is 6.21. The van der Waals surface area contributed by atoms with Gasteiger partial charge in [-0.3, -0.25) is 0 Å². The number of ether oxygens (including phenoxy) is 2. The van der Waals surface area contributed by atoms with Crippen LogP contribution in [0.5, 0.6) is 5.88 Å². The molecule has 0 bridgehead atoms. The molecule has 0 radical (unpaired) electrons. The normalized spacial score (nSPS) is 16.0. The summed E-state index contributed by atoms with van der Waals surface area (Å²) in [7, 11) is 0. The van der Waals surface area contributed by atoms with E-state index in [1.54, 1.807) is 38.1 Å². The van der Waals surface area contributed by atoms with E-state index in [1.807, 2.05) is 0 Å². The first-order chi connectivity index (χ1) is 13.2. The lowest BCUT2D eigenvalue weighted by molar-refractivity contribution is -0.148. The standard InChI is InChI=1S/C17H17ClN4O4/c1-10(2)25-8-14(17(23)24)26-16-11-7-21-22(15(11)19-9-20-16)13-6-4-3-5-12(13)18/h3-7,9-10,14H,8H2,1-2H3,(H,23,24)/t14-/m0/s1/i8D,14D/t8?,14-. The Morgan fingerprint density at radius 3 is 2.88 bits per heavy atom. The fraction of sp³-hybridized carbons (Fsp3) is 0.294. The molecule has 2 heterocycles. The van der Waals surface area contributed by atoms with Crippen molar-refractivity contribution in [1.82, 2.24) is 19.7 Å². The van der Waals surface area contributed by atoms with Crippen LogP contribution in [0.2, 0.25) is 5.02 Å². The summed E-state index contributed by atoms with van der Waals surface area (Å²) in [6.45, 7) is 1.44. The topological polar surface area (TPSA) is 99.4 Å². The minimum Gasteiger partial charge on any atom is -0.478 e. The maximum absolute atomic E-state index is 11.7. The van der Waals surface area contributed by atoms with Crippen LogP contribution in [0.15, 0.2) is 36.8 Å². The lowest BCUT2D eigenvalue weighted by Gasteiger charge is -2.16. The number of nitrogens with zero attached hydrogens (tertiary/aromatic N) is 4. The maximum atomic E-state index is 11.7. The Morgan fingerprint density at radius 1 is 1.42 bits per heavy atom. The Labute approximate surface area is 157 Å². The number of hydrogen-bond donors (Lipinski definition) is 1. The fourth-order valence-electron chi connectivity index (χ4n) is 2.12. The third kappa shape index (κ3) is 3.76. The van der Waals surface area contributed by atoms with Gasteiger partial charge in [-0.25, -0.2) is 19.4 Å². The molecule has 0 aliphatic carbocycles. The Bertz CT molecular complexity index is 1020. The zero-order valence-corrected chi connectivity index (χ0v) is 14.7. The van der Waals surface area contributed by atoms with Crippen LogP contribution in [-0.2, 0) is 9.53 Å². The second-order valence-electron chi connectivity index (χ2n) is 5.50. The molecule has 1 unspecified atom stereocenters. The lowest BCUT2D eigenvalue weighted by Crippen LogP contribution is -2.33. The number of aromatic nitrogens is 4. The van der Waals surface area contributed by atoms with Gasteiger partial charge in [-0.2, -0.15) is 5.10 Å². The quantitative estimate of drug-likeness (QED) is 0.674. The number of halogens is 1. The van der Waals surface area contributed by atoms with Crippen LogP contribution in [-0.4, -0.2) is 49.6 Å². The molecule has 9 heteroatoms. The van der Waals surface area contributed by atoms with E-state index in [1.165, 1.54) is 10.9 Å². The first-order valence-electron chi connectivity index (χ1n) is 8.75. The fourth-order valence-corrected chi connectivity index (χ4v) is 2.34. The highest BCUT2D eigenvalue weighted by Crippen LogP contribution is 2.27. The molecule has 1 N–H and O–H groups in total. The molecule has 3 aromatic rings. The molecule has 0 fully saturated rings. The van der Waals surface area contributed by atoms with E-state index in [0.717, 1.165) is 6.33 Å². The molecule has 0 aliphatic heterocycles. The summed E-state index contributed by atoms with van der Waals surface area (Å²) in [5, 5.41) is 14.4. The highest BCUT2D eigenvalue weighted by molar-refractivity contribution is 6.32. The molecule has 8 nitrogen and oxygen atoms in total. The smallest absolute Gasteiger partial charge is 0.347 e. The van der Waals surface area contributed by atoms with Crippen LogP contribution in [0.25, 0.3) is 16.7 Å². The molecule has 0 saturated carbocycles. The van der Waals surface area contributed by atoms with Gasteiger partial charge in [0, 0.05) is 0 Å². The molecule has 1 aromatic carbocycles. The van der Waals surface area contributed by atoms with Crippen molar-refractivity contribution in [1.29, 1.82) is 0 Å². The second kappa shape index (κ2) is 7.67. The van der Waals surface area contributed by atoms with Gasteiger partial charge in [-0.05, 0) is 26.0 Å². The van der Waals surface area contributed by atoms with Gasteiger partial charge < -0.3 is 14.6 Å². The Balaban J connectivity index is 2.05. The van der Waals surface area contributed by atoms with Crippen molar-refractivity contribution in [2.45, 2.75) is 26.0 Å². The third-order valence-electron chi connectivity index (χ3n) is 3.27. The minimum atomic E-state index is -2.74. The van der Waals surface area contributed by atoms with Gasteiger partial charge in [0.15, 0.2) is 5.65 Å². The van der Waals surface area contributed by atoms with Crippen LogP contribution >= 0.6 is 11.6 Å². The summed E-state index contributed by atoms with van der Waals surface area (Å²) in [5.74, 6) is -1.89. The van der Waals surface area contributed by atoms with Crippen molar-refractivity contribution in [3.63, 3.8) is 0 Å². The minimum absolute atomic E-state index is 0.203. The molecular formula is C17H17ClN4O4. The van der Waals surface area contributed by atoms with Gasteiger partial charge in [0.25, 0.3) is 0 Å². The number of benzene rings is 1. The zero-order valence-electron chi connectivity index (χ0n) is 16.0. The maximum Gasteiger partial charge on any atom is 0.347 e. The molecule has 0 aliphatic rings. The average Bonchev–Trinajstić information content (AvgIpc) is 3.06. The highest BCUT2D eigenvalue weighted by atomic mass is 35.5. The van der Waals surface area contributed by atoms with Crippen LogP contribution < -0.4 is 4.74 Å². The summed E-state index contributed by atoms with van der Waals surface area (Å²) in [4.78, 5) is 19.7. The van der Waals surface area contributed by atoms with Crippen molar-refractivity contribution in [2.24, 2.45) is 0 Å². The van der Waals surface area contributed by atoms with Crippen LogP contribution in [0, 0.1) is 0 Å². The molecule has 0 spiro atoms. The molecule has 0 saturated heterocycles. The van der Waals surface area contributed by atoms with E-state index in [0.29, 0.717) is 16.4 Å². The second-order valence-corrected chi connectivity index (χ2v) is 5.91. The van der Waals surface area contributed by atoms with Gasteiger partial charge in [0.2, 0.25) is 12.0 Å². The van der Waals surface area contributed by atoms with E-state index in [4.69, 9.17) is 23.8 Å². The highest BCUT2D eigenvalue weighted by Gasteiger charge is 2.23. The number of rotatable bonds is 7. The zero-order chi connectivity index (χ0) is 20.5. The molecule has 2 atom stereocenters. The van der Waals surface area contributed by atoms with Crippen LogP contribution in [0.4, 0.5) is 0 Å². The van der Waals surface area contributed by atoms with Crippen molar-refractivity contribution >= 4 is 28.6 Å². The molecular weight excluding hydrogens is 360 g/mol. The van der Waals surface area contributed by atoms with E-state index < -0.39 is 24.7 Å². The van der Waals surface area contributed by atoms with Crippen molar-refractivity contribution in [3.05, 3.63) is 41.8 Å². The average molecular weight is 379 g/mol. The van der Waals surface area contributed by atoms with E-state index in [9.17, 15) is 9.90 Å². The number of carboxylic acids is 1. The first-order valence-corrected chi connectivity index (χ1v) is 8.05. The van der Waals surface area contributed by atoms with E-state index in [-0.39, 0.29) is 11.3 Å². The van der Waals surface area contributed by atoms with E-state index >= 15 is 0 Å². The summed E-state index contributed by atoms with van der Waals surface area (Å²) in [6.07, 6.45) is -0.683. The number of fused-ring (bicyclic) bond motifs is 1. The van der Waals surface area contributed by atoms with Gasteiger partial charge in [-0.1, -0.05) is 23.7 Å². The largest absolute Gasteiger partial charge is 0.478 e. The number of para-hydroxylation sites is 1. The Hall–Kier alpha value is -2.71.